The Hall–Kier alpha value is -3.26. The molecule has 0 spiro atoms. The second kappa shape index (κ2) is 9.54. The van der Waals surface area contributed by atoms with Crippen LogP contribution in [0.1, 0.15) is 36.9 Å². The Bertz CT molecular complexity index is 1170. The second-order valence-electron chi connectivity index (χ2n) is 8.92. The highest BCUT2D eigenvalue weighted by Gasteiger charge is 2.36. The van der Waals surface area contributed by atoms with E-state index in [2.05, 4.69) is 5.10 Å². The minimum Gasteiger partial charge on any atom is -0.435 e. The molecule has 2 aliphatic rings. The van der Waals surface area contributed by atoms with E-state index in [9.17, 15) is 13.6 Å². The third-order valence-corrected chi connectivity index (χ3v) is 6.27. The van der Waals surface area contributed by atoms with Gasteiger partial charge in [-0.2, -0.15) is 5.10 Å². The van der Waals surface area contributed by atoms with Gasteiger partial charge in [-0.25, -0.2) is 13.5 Å². The molecule has 2 fully saturated rings. The van der Waals surface area contributed by atoms with Gasteiger partial charge in [-0.15, -0.1) is 0 Å². The summed E-state index contributed by atoms with van der Waals surface area (Å²) in [5.41, 5.74) is 2.08. The van der Waals surface area contributed by atoms with Gasteiger partial charge in [-0.3, -0.25) is 4.79 Å². The number of halogens is 2. The largest absolute Gasteiger partial charge is 0.435 e. The number of hydrogen-bond donors (Lipinski definition) is 0. The predicted molar refractivity (Wildman–Crippen MR) is 122 cm³/mol. The molecule has 1 aliphatic heterocycles. The molecule has 1 saturated carbocycles. The molecule has 0 N–H and O–H groups in total. The molecule has 1 saturated heterocycles. The fraction of sp³-hybridized carbons (Fsp3) is 0.385. The number of para-hydroxylation sites is 1. The molecular formula is C26H27F2N3O3. The van der Waals surface area contributed by atoms with Gasteiger partial charge in [-0.05, 0) is 56.9 Å². The first-order chi connectivity index (χ1) is 16.5. The van der Waals surface area contributed by atoms with Gasteiger partial charge in [0.25, 0.3) is 0 Å². The maximum Gasteiger partial charge on any atom is 0.228 e. The van der Waals surface area contributed by atoms with Crippen molar-refractivity contribution in [2.45, 2.75) is 45.3 Å². The summed E-state index contributed by atoms with van der Waals surface area (Å²) < 4.78 is 41.4. The maximum absolute atomic E-state index is 14.5. The van der Waals surface area contributed by atoms with Crippen molar-refractivity contribution in [1.29, 1.82) is 0 Å². The average molecular weight is 468 g/mol. The van der Waals surface area contributed by atoms with Crippen molar-refractivity contribution in [2.75, 3.05) is 13.2 Å². The predicted octanol–water partition coefficient (Wildman–Crippen LogP) is 5.17. The first-order valence-corrected chi connectivity index (χ1v) is 11.7. The standard InChI is InChI=1S/C26H27F2N3O3/c1-17-22(16-30(25(32)18-9-10-18)15-21-8-5-13-33-21)26(31(29-17)20-6-3-2-4-7-20)34-24-12-11-19(27)14-23(24)28/h2-4,6-7,11-12,14,18,21H,5,8-10,13,15-16H2,1H3/t21-/m0/s1. The van der Waals surface area contributed by atoms with E-state index in [1.54, 1.807) is 4.68 Å². The lowest BCUT2D eigenvalue weighted by Gasteiger charge is -2.26. The van der Waals surface area contributed by atoms with Crippen LogP contribution >= 0.6 is 0 Å². The van der Waals surface area contributed by atoms with Crippen LogP contribution in [0.25, 0.3) is 5.69 Å². The van der Waals surface area contributed by atoms with Crippen LogP contribution < -0.4 is 4.74 Å². The third kappa shape index (κ3) is 4.82. The van der Waals surface area contributed by atoms with Crippen molar-refractivity contribution < 1.29 is 23.0 Å². The lowest BCUT2D eigenvalue weighted by Crippen LogP contribution is -2.38. The van der Waals surface area contributed by atoms with Crippen LogP contribution in [-0.4, -0.2) is 39.8 Å². The molecule has 1 aliphatic carbocycles. The van der Waals surface area contributed by atoms with Crippen LogP contribution in [0.2, 0.25) is 0 Å². The summed E-state index contributed by atoms with van der Waals surface area (Å²) >= 11 is 0. The van der Waals surface area contributed by atoms with Gasteiger partial charge < -0.3 is 14.4 Å². The number of carbonyl (C=O) groups is 1. The zero-order chi connectivity index (χ0) is 23.7. The lowest BCUT2D eigenvalue weighted by atomic mass is 10.1. The SMILES string of the molecule is Cc1nn(-c2ccccc2)c(Oc2ccc(F)cc2F)c1CN(C[C@@H]1CCCO1)C(=O)C1CC1. The Morgan fingerprint density at radius 1 is 1.18 bits per heavy atom. The van der Waals surface area contributed by atoms with Crippen molar-refractivity contribution >= 4 is 5.91 Å². The monoisotopic (exact) mass is 467 g/mol. The Morgan fingerprint density at radius 3 is 2.65 bits per heavy atom. The molecule has 8 heteroatoms. The number of carbonyl (C=O) groups excluding carboxylic acids is 1. The number of amides is 1. The second-order valence-corrected chi connectivity index (χ2v) is 8.92. The average Bonchev–Trinajstić information content (AvgIpc) is 3.48. The molecule has 6 nitrogen and oxygen atoms in total. The highest BCUT2D eigenvalue weighted by molar-refractivity contribution is 5.81. The van der Waals surface area contributed by atoms with E-state index >= 15 is 0 Å². The summed E-state index contributed by atoms with van der Waals surface area (Å²) in [6.45, 7) is 3.31. The molecule has 1 atom stereocenters. The summed E-state index contributed by atoms with van der Waals surface area (Å²) in [4.78, 5) is 15.0. The van der Waals surface area contributed by atoms with Crippen LogP contribution in [0.4, 0.5) is 8.78 Å². The first kappa shape index (κ1) is 22.5. The zero-order valence-electron chi connectivity index (χ0n) is 19.0. The number of nitrogens with zero attached hydrogens (tertiary/aromatic N) is 3. The summed E-state index contributed by atoms with van der Waals surface area (Å²) in [5.74, 6) is -1.16. The number of aromatic nitrogens is 2. The summed E-state index contributed by atoms with van der Waals surface area (Å²) in [7, 11) is 0. The molecule has 34 heavy (non-hydrogen) atoms. The Kier molecular flexibility index (Phi) is 6.32. The van der Waals surface area contributed by atoms with Gasteiger partial charge in [0.2, 0.25) is 11.8 Å². The molecule has 2 aromatic carbocycles. The topological polar surface area (TPSA) is 56.6 Å². The van der Waals surface area contributed by atoms with Crippen molar-refractivity contribution in [1.82, 2.24) is 14.7 Å². The maximum atomic E-state index is 14.5. The zero-order valence-corrected chi connectivity index (χ0v) is 19.0. The minimum atomic E-state index is -0.810. The van der Waals surface area contributed by atoms with Gasteiger partial charge in [0, 0.05) is 25.1 Å². The number of benzene rings is 2. The van der Waals surface area contributed by atoms with E-state index < -0.39 is 11.6 Å². The number of aryl methyl sites for hydroxylation is 1. The van der Waals surface area contributed by atoms with Crippen molar-refractivity contribution in [3.05, 3.63) is 71.4 Å². The van der Waals surface area contributed by atoms with Crippen LogP contribution in [0.15, 0.2) is 48.5 Å². The highest BCUT2D eigenvalue weighted by Crippen LogP contribution is 2.36. The lowest BCUT2D eigenvalue weighted by molar-refractivity contribution is -0.134. The molecular weight excluding hydrogens is 440 g/mol. The Labute approximate surface area is 197 Å². The number of ether oxygens (including phenoxy) is 2. The fourth-order valence-electron chi connectivity index (χ4n) is 4.28. The number of rotatable bonds is 8. The molecule has 3 aromatic rings. The molecule has 5 rings (SSSR count). The molecule has 1 amide bonds. The van der Waals surface area contributed by atoms with Gasteiger partial charge in [-0.1, -0.05) is 18.2 Å². The van der Waals surface area contributed by atoms with Gasteiger partial charge in [0.05, 0.1) is 29.6 Å². The molecule has 178 valence electrons. The van der Waals surface area contributed by atoms with Gasteiger partial charge in [0.15, 0.2) is 11.6 Å². The number of hydrogen-bond acceptors (Lipinski definition) is 4. The van der Waals surface area contributed by atoms with E-state index in [0.29, 0.717) is 30.3 Å². The van der Waals surface area contributed by atoms with Crippen molar-refractivity contribution in [3.8, 4) is 17.3 Å². The van der Waals surface area contributed by atoms with Gasteiger partial charge in [0.1, 0.15) is 5.82 Å². The molecule has 0 bridgehead atoms. The smallest absolute Gasteiger partial charge is 0.228 e. The highest BCUT2D eigenvalue weighted by atomic mass is 19.1. The Balaban J connectivity index is 1.53. The third-order valence-electron chi connectivity index (χ3n) is 6.27. The van der Waals surface area contributed by atoms with E-state index in [4.69, 9.17) is 9.47 Å². The van der Waals surface area contributed by atoms with Crippen molar-refractivity contribution in [2.24, 2.45) is 5.92 Å². The molecule has 0 radical (unpaired) electrons. The summed E-state index contributed by atoms with van der Waals surface area (Å²) in [6.07, 6.45) is 3.70. The fourth-order valence-corrected chi connectivity index (χ4v) is 4.28. The summed E-state index contributed by atoms with van der Waals surface area (Å²) in [5, 5.41) is 4.65. The molecule has 1 aromatic heterocycles. The Morgan fingerprint density at radius 2 is 1.97 bits per heavy atom. The van der Waals surface area contributed by atoms with E-state index in [1.165, 1.54) is 6.07 Å². The first-order valence-electron chi connectivity index (χ1n) is 11.7. The van der Waals surface area contributed by atoms with E-state index in [1.807, 2.05) is 42.2 Å². The molecule has 0 unspecified atom stereocenters. The van der Waals surface area contributed by atoms with E-state index in [0.717, 1.165) is 43.5 Å². The van der Waals surface area contributed by atoms with Crippen LogP contribution in [-0.2, 0) is 16.1 Å². The van der Waals surface area contributed by atoms with Crippen LogP contribution in [0, 0.1) is 24.5 Å². The minimum absolute atomic E-state index is 0.00563. The summed E-state index contributed by atoms with van der Waals surface area (Å²) in [6, 6.07) is 12.5. The van der Waals surface area contributed by atoms with Crippen LogP contribution in [0.3, 0.4) is 0 Å². The van der Waals surface area contributed by atoms with E-state index in [-0.39, 0.29) is 30.2 Å². The quantitative estimate of drug-likeness (QED) is 0.459. The van der Waals surface area contributed by atoms with Gasteiger partial charge >= 0.3 is 0 Å². The van der Waals surface area contributed by atoms with Crippen LogP contribution in [0.5, 0.6) is 11.6 Å². The normalized spacial score (nSPS) is 17.7. The van der Waals surface area contributed by atoms with Crippen molar-refractivity contribution in [3.63, 3.8) is 0 Å². The molecule has 2 heterocycles.